The molecule has 0 N–H and O–H groups in total. The van der Waals surface area contributed by atoms with Crippen LogP contribution < -0.4 is 9.80 Å². The average Bonchev–Trinajstić information content (AvgIpc) is 3.30. The van der Waals surface area contributed by atoms with E-state index in [4.69, 9.17) is 6.58 Å². The Morgan fingerprint density at radius 2 is 1.42 bits per heavy atom. The fourth-order valence-electron chi connectivity index (χ4n) is 8.52. The molecular formula is C49H61BN2. The second kappa shape index (κ2) is 14.7. The fraction of sp³-hybridized carbons (Fsp3) is 0.388. The van der Waals surface area contributed by atoms with Crippen molar-refractivity contribution in [3.8, 4) is 0 Å². The van der Waals surface area contributed by atoms with Crippen molar-refractivity contribution in [3.63, 3.8) is 0 Å². The Hall–Kier alpha value is -4.24. The van der Waals surface area contributed by atoms with E-state index in [0.717, 1.165) is 32.1 Å². The highest BCUT2D eigenvalue weighted by atomic mass is 15.2. The zero-order valence-electron chi connectivity index (χ0n) is 34.0. The Kier molecular flexibility index (Phi) is 10.6. The molecule has 1 aliphatic carbocycles. The van der Waals surface area contributed by atoms with Gasteiger partial charge in [0.05, 0.1) is 11.4 Å². The van der Waals surface area contributed by atoms with Crippen molar-refractivity contribution in [1.82, 2.24) is 0 Å². The van der Waals surface area contributed by atoms with Gasteiger partial charge in [-0.25, -0.2) is 0 Å². The number of anilines is 4. The van der Waals surface area contributed by atoms with Crippen LogP contribution in [-0.4, -0.2) is 6.71 Å². The van der Waals surface area contributed by atoms with E-state index in [-0.39, 0.29) is 17.5 Å². The number of allylic oxidation sites excluding steroid dienone is 8. The summed E-state index contributed by atoms with van der Waals surface area (Å²) in [6, 6.07) is 27.1. The smallest absolute Gasteiger partial charge is 0.194 e. The largest absolute Gasteiger partial charge is 0.311 e. The highest BCUT2D eigenvalue weighted by Gasteiger charge is 2.38. The number of rotatable bonds is 5. The molecule has 0 amide bonds. The molecule has 2 aliphatic heterocycles. The molecule has 0 fully saturated rings. The molecule has 3 aliphatic rings. The van der Waals surface area contributed by atoms with Crippen LogP contribution >= 0.6 is 0 Å². The minimum absolute atomic E-state index is 0.0646. The van der Waals surface area contributed by atoms with Gasteiger partial charge in [0.2, 0.25) is 0 Å². The maximum atomic E-state index is 4.85. The van der Waals surface area contributed by atoms with Gasteiger partial charge in [0.25, 0.3) is 0 Å². The highest BCUT2D eigenvalue weighted by Crippen LogP contribution is 2.54. The Morgan fingerprint density at radius 1 is 0.788 bits per heavy atom. The van der Waals surface area contributed by atoms with Crippen molar-refractivity contribution in [2.24, 2.45) is 16.7 Å². The quantitative estimate of drug-likeness (QED) is 0.246. The molecule has 4 bridgehead atoms. The summed E-state index contributed by atoms with van der Waals surface area (Å²) in [7, 11) is 0. The van der Waals surface area contributed by atoms with E-state index in [2.05, 4.69) is 177 Å². The lowest BCUT2D eigenvalue weighted by Gasteiger charge is -2.42. The van der Waals surface area contributed by atoms with Gasteiger partial charge in [0.15, 0.2) is 6.71 Å². The summed E-state index contributed by atoms with van der Waals surface area (Å²) in [5.74, 6) is 2.99. The molecule has 3 aromatic carbocycles. The summed E-state index contributed by atoms with van der Waals surface area (Å²) < 4.78 is 0. The number of hydrogen-bond donors (Lipinski definition) is 0. The molecule has 0 spiro atoms. The van der Waals surface area contributed by atoms with Crippen molar-refractivity contribution in [2.45, 2.75) is 108 Å². The SMILES string of the molecule is C=C1CC2=C(C=C(C(C)C)CCC2)N(c2ccccc2)c2cccc3c2/C(C)=C(C(C)(C)CC)/C(C(C)(C)C)=C\C(=C\B1C)N3c1ccccc1C. The number of hydrogen-bond acceptors (Lipinski definition) is 2. The molecule has 6 rings (SSSR count). The lowest BCUT2D eigenvalue weighted by Crippen LogP contribution is -2.29. The summed E-state index contributed by atoms with van der Waals surface area (Å²) in [5, 5.41) is 0. The average molecular weight is 689 g/mol. The zero-order valence-corrected chi connectivity index (χ0v) is 34.0. The van der Waals surface area contributed by atoms with Gasteiger partial charge in [-0.3, -0.25) is 0 Å². The van der Waals surface area contributed by atoms with E-state index in [1.54, 1.807) is 0 Å². The van der Waals surface area contributed by atoms with Crippen LogP contribution in [0.15, 0.2) is 137 Å². The predicted molar refractivity (Wildman–Crippen MR) is 230 cm³/mol. The highest BCUT2D eigenvalue weighted by molar-refractivity contribution is 6.70. The van der Waals surface area contributed by atoms with Gasteiger partial charge in [-0.1, -0.05) is 122 Å². The van der Waals surface area contributed by atoms with Crippen molar-refractivity contribution in [1.29, 1.82) is 0 Å². The summed E-state index contributed by atoms with van der Waals surface area (Å²) >= 11 is 0. The minimum Gasteiger partial charge on any atom is -0.311 e. The minimum atomic E-state index is -0.103. The van der Waals surface area contributed by atoms with Crippen molar-refractivity contribution in [3.05, 3.63) is 148 Å². The molecule has 0 unspecified atom stereocenters. The van der Waals surface area contributed by atoms with Crippen molar-refractivity contribution >= 4 is 35.0 Å². The molecule has 0 atom stereocenters. The number of para-hydroxylation sites is 2. The second-order valence-electron chi connectivity index (χ2n) is 17.4. The topological polar surface area (TPSA) is 6.48 Å². The van der Waals surface area contributed by atoms with Crippen LogP contribution in [-0.2, 0) is 0 Å². The monoisotopic (exact) mass is 688 g/mol. The molecule has 0 saturated heterocycles. The standard InChI is InChI=1S/C49H61BN2/c1-13-49(10,11)47-36(6)46-43-27-20-28-44(46)52(42-26-18-17-21-34(42)4)40(31-41(47)48(7,8)9)32-50(12)35(5)29-38-23-19-22-37(33(2)3)30-45(38)51(43)39-24-15-14-16-25-39/h14-18,20-21,24-28,30-33H,5,13,19,22-23,29H2,1-4,6-12H3/b40-32-,41-31+,47-36-. The Labute approximate surface area is 316 Å². The molecule has 52 heavy (non-hydrogen) atoms. The van der Waals surface area contributed by atoms with E-state index in [1.165, 1.54) is 78.6 Å². The van der Waals surface area contributed by atoms with E-state index in [0.29, 0.717) is 5.92 Å². The first kappa shape index (κ1) is 37.5. The van der Waals surface area contributed by atoms with Crippen LogP contribution in [0.25, 0.3) is 5.57 Å². The molecule has 3 aromatic rings. The lowest BCUT2D eigenvalue weighted by molar-refractivity contribution is 0.403. The Balaban J connectivity index is 1.90. The number of benzene rings is 3. The first-order valence-corrected chi connectivity index (χ1v) is 19.7. The maximum Gasteiger partial charge on any atom is 0.194 e. The van der Waals surface area contributed by atoms with Gasteiger partial charge in [0.1, 0.15) is 0 Å². The van der Waals surface area contributed by atoms with Gasteiger partial charge >= 0.3 is 0 Å². The third kappa shape index (κ3) is 7.09. The predicted octanol–water partition coefficient (Wildman–Crippen LogP) is 14.5. The Morgan fingerprint density at radius 3 is 2.06 bits per heavy atom. The third-order valence-electron chi connectivity index (χ3n) is 11.9. The van der Waals surface area contributed by atoms with E-state index in [1.807, 2.05) is 0 Å². The van der Waals surface area contributed by atoms with Crippen LogP contribution in [0.5, 0.6) is 0 Å². The van der Waals surface area contributed by atoms with Crippen LogP contribution in [0.2, 0.25) is 6.82 Å². The molecule has 2 nitrogen and oxygen atoms in total. The third-order valence-corrected chi connectivity index (χ3v) is 11.9. The van der Waals surface area contributed by atoms with Crippen molar-refractivity contribution in [2.75, 3.05) is 9.80 Å². The van der Waals surface area contributed by atoms with E-state index >= 15 is 0 Å². The second-order valence-corrected chi connectivity index (χ2v) is 17.4. The van der Waals surface area contributed by atoms with E-state index in [9.17, 15) is 0 Å². The molecule has 2 heterocycles. The number of nitrogens with zero attached hydrogens (tertiary/aromatic N) is 2. The summed E-state index contributed by atoms with van der Waals surface area (Å²) in [6.07, 6.45) is 10.4. The van der Waals surface area contributed by atoms with Gasteiger partial charge in [-0.15, -0.1) is 6.58 Å². The van der Waals surface area contributed by atoms with Gasteiger partial charge in [-0.05, 0) is 133 Å². The molecule has 270 valence electrons. The lowest BCUT2D eigenvalue weighted by atomic mass is 9.45. The number of aryl methyl sites for hydroxylation is 1. The normalized spacial score (nSPS) is 21.0. The molecule has 0 radical (unpaired) electrons. The van der Waals surface area contributed by atoms with Gasteiger partial charge < -0.3 is 9.80 Å². The van der Waals surface area contributed by atoms with Crippen LogP contribution in [0.4, 0.5) is 22.7 Å². The van der Waals surface area contributed by atoms with Crippen molar-refractivity contribution < 1.29 is 0 Å². The first-order chi connectivity index (χ1) is 24.6. The van der Waals surface area contributed by atoms with E-state index < -0.39 is 0 Å². The first-order valence-electron chi connectivity index (χ1n) is 19.7. The molecule has 0 aromatic heterocycles. The number of fused-ring (bicyclic) bond motifs is 1. The molecular weight excluding hydrogens is 627 g/mol. The van der Waals surface area contributed by atoms with Gasteiger partial charge in [0, 0.05) is 28.3 Å². The summed E-state index contributed by atoms with van der Waals surface area (Å²) in [6.45, 7) is 31.2. The van der Waals surface area contributed by atoms with Gasteiger partial charge in [-0.2, -0.15) is 0 Å². The summed E-state index contributed by atoms with van der Waals surface area (Å²) in [5.41, 5.74) is 18.2. The fourth-order valence-corrected chi connectivity index (χ4v) is 8.52. The Bertz CT molecular complexity index is 2010. The molecule has 3 heteroatoms. The maximum absolute atomic E-state index is 4.85. The van der Waals surface area contributed by atoms with Crippen LogP contribution in [0, 0.1) is 23.7 Å². The van der Waals surface area contributed by atoms with Crippen LogP contribution in [0.1, 0.15) is 106 Å². The molecule has 0 saturated carbocycles. The zero-order chi connectivity index (χ0) is 37.5. The summed E-state index contributed by atoms with van der Waals surface area (Å²) in [4.78, 5) is 5.18. The van der Waals surface area contributed by atoms with Crippen LogP contribution in [0.3, 0.4) is 0 Å².